The van der Waals surface area contributed by atoms with Gasteiger partial charge in [-0.3, -0.25) is 4.79 Å². The average molecular weight is 538 g/mol. The van der Waals surface area contributed by atoms with Gasteiger partial charge in [0.1, 0.15) is 11.8 Å². The van der Waals surface area contributed by atoms with Gasteiger partial charge in [0.05, 0.1) is 32.1 Å². The second-order valence-corrected chi connectivity index (χ2v) is 9.91. The quantitative estimate of drug-likeness (QED) is 0.218. The van der Waals surface area contributed by atoms with Crippen LogP contribution in [0.2, 0.25) is 0 Å². The molecule has 0 fully saturated rings. The summed E-state index contributed by atoms with van der Waals surface area (Å²) in [7, 11) is 3.19. The van der Waals surface area contributed by atoms with Crippen LogP contribution in [-0.2, 0) is 4.79 Å². The van der Waals surface area contributed by atoms with E-state index in [0.29, 0.717) is 51.9 Å². The van der Waals surface area contributed by atoms with Crippen LogP contribution in [0.3, 0.4) is 0 Å². The molecule has 1 unspecified atom stereocenters. The Kier molecular flexibility index (Phi) is 9.17. The minimum absolute atomic E-state index is 0.268. The number of para-hydroxylation sites is 2. The van der Waals surface area contributed by atoms with Crippen LogP contribution < -0.4 is 24.8 Å². The number of rotatable bonds is 12. The Morgan fingerprint density at radius 2 is 1.87 bits per heavy atom. The smallest absolute Gasteiger partial charge is 0.255 e. The van der Waals surface area contributed by atoms with Crippen molar-refractivity contribution in [1.29, 1.82) is 0 Å². The fourth-order valence-corrected chi connectivity index (χ4v) is 4.91. The van der Waals surface area contributed by atoms with Crippen molar-refractivity contribution < 1.29 is 19.0 Å². The molecule has 2 heterocycles. The molecule has 1 aliphatic heterocycles. The molecule has 38 heavy (non-hydrogen) atoms. The van der Waals surface area contributed by atoms with Gasteiger partial charge < -0.3 is 24.8 Å². The van der Waals surface area contributed by atoms with E-state index in [9.17, 15) is 4.79 Å². The first-order chi connectivity index (χ1) is 18.5. The summed E-state index contributed by atoms with van der Waals surface area (Å²) in [6.07, 6.45) is 3.00. The molecule has 0 saturated carbocycles. The van der Waals surface area contributed by atoms with E-state index >= 15 is 0 Å². The first-order valence-corrected chi connectivity index (χ1v) is 13.8. The molecule has 3 aromatic rings. The Bertz CT molecular complexity index is 1310. The summed E-state index contributed by atoms with van der Waals surface area (Å²) in [5.41, 5.74) is 2.62. The molecule has 0 spiro atoms. The van der Waals surface area contributed by atoms with Gasteiger partial charge in [-0.05, 0) is 49.6 Å². The second-order valence-electron chi connectivity index (χ2n) is 8.84. The summed E-state index contributed by atoms with van der Waals surface area (Å²) in [6, 6.07) is 12.5. The molecular weight excluding hydrogens is 502 g/mol. The van der Waals surface area contributed by atoms with E-state index in [2.05, 4.69) is 24.5 Å². The van der Waals surface area contributed by atoms with Crippen LogP contribution in [0.5, 0.6) is 17.2 Å². The minimum atomic E-state index is -0.539. The summed E-state index contributed by atoms with van der Waals surface area (Å²) in [5.74, 6) is 3.06. The minimum Gasteiger partial charge on any atom is -0.495 e. The first kappa shape index (κ1) is 27.4. The molecule has 2 N–H and O–H groups in total. The monoisotopic (exact) mass is 537 g/mol. The van der Waals surface area contributed by atoms with Gasteiger partial charge in [-0.15, -0.1) is 5.10 Å². The summed E-state index contributed by atoms with van der Waals surface area (Å²) in [4.78, 5) is 18.5. The molecule has 1 aromatic heterocycles. The molecular formula is C28H35N5O4S. The van der Waals surface area contributed by atoms with Crippen LogP contribution >= 0.6 is 11.8 Å². The maximum atomic E-state index is 13.8. The number of hydrogen-bond donors (Lipinski definition) is 2. The van der Waals surface area contributed by atoms with Crippen molar-refractivity contribution in [3.8, 4) is 17.2 Å². The Morgan fingerprint density at radius 1 is 1.08 bits per heavy atom. The molecule has 1 aliphatic rings. The number of ether oxygens (including phenoxy) is 3. The lowest BCUT2D eigenvalue weighted by Crippen LogP contribution is -2.31. The van der Waals surface area contributed by atoms with E-state index in [0.717, 1.165) is 30.6 Å². The highest BCUT2D eigenvalue weighted by atomic mass is 32.2. The highest BCUT2D eigenvalue weighted by molar-refractivity contribution is 7.99. The van der Waals surface area contributed by atoms with E-state index in [1.807, 2.05) is 49.4 Å². The van der Waals surface area contributed by atoms with Crippen molar-refractivity contribution in [3.05, 3.63) is 59.3 Å². The predicted octanol–water partition coefficient (Wildman–Crippen LogP) is 5.90. The van der Waals surface area contributed by atoms with Crippen LogP contribution in [-0.4, -0.2) is 47.3 Å². The normalized spacial score (nSPS) is 14.5. The van der Waals surface area contributed by atoms with Crippen LogP contribution in [0.1, 0.15) is 51.6 Å². The lowest BCUT2D eigenvalue weighted by atomic mass is 9.94. The van der Waals surface area contributed by atoms with Crippen molar-refractivity contribution in [2.75, 3.05) is 37.2 Å². The molecule has 0 radical (unpaired) electrons. The number of nitrogens with zero attached hydrogens (tertiary/aromatic N) is 3. The topological polar surface area (TPSA) is 99.5 Å². The first-order valence-electron chi connectivity index (χ1n) is 12.8. The molecule has 10 heteroatoms. The zero-order valence-corrected chi connectivity index (χ0v) is 23.4. The van der Waals surface area contributed by atoms with Gasteiger partial charge in [0.2, 0.25) is 11.1 Å². The Morgan fingerprint density at radius 3 is 2.61 bits per heavy atom. The molecule has 2 aromatic carbocycles. The predicted molar refractivity (Wildman–Crippen MR) is 151 cm³/mol. The fraction of sp³-hybridized carbons (Fsp3) is 0.393. The number of methoxy groups -OCH3 is 2. The summed E-state index contributed by atoms with van der Waals surface area (Å²) < 4.78 is 18.8. The van der Waals surface area contributed by atoms with Gasteiger partial charge in [0.25, 0.3) is 5.91 Å². The fourth-order valence-electron chi connectivity index (χ4n) is 4.23. The summed E-state index contributed by atoms with van der Waals surface area (Å²) in [6.45, 7) is 6.72. The van der Waals surface area contributed by atoms with E-state index in [1.165, 1.54) is 0 Å². The number of benzene rings is 2. The zero-order chi connectivity index (χ0) is 27.1. The highest BCUT2D eigenvalue weighted by Gasteiger charge is 2.35. The second kappa shape index (κ2) is 12.7. The number of nitrogens with one attached hydrogen (secondary N) is 2. The van der Waals surface area contributed by atoms with Crippen molar-refractivity contribution in [1.82, 2.24) is 14.8 Å². The van der Waals surface area contributed by atoms with E-state index in [-0.39, 0.29) is 5.91 Å². The van der Waals surface area contributed by atoms with Crippen molar-refractivity contribution >= 4 is 29.3 Å². The standard InChI is InChI=1S/C28H35N5O4S/c1-6-8-15-37-22-14-13-19(17-23(22)36-5)25-24(26(34)30-20-11-9-10-12-21(20)35-4)18(3)29-27-31-28(32-33(25)27)38-16-7-2/h9-14,17,25H,6-8,15-16H2,1-5H3,(H,30,34)(H,29,31,32). The largest absolute Gasteiger partial charge is 0.495 e. The van der Waals surface area contributed by atoms with E-state index in [4.69, 9.17) is 24.3 Å². The van der Waals surface area contributed by atoms with Crippen LogP contribution in [0, 0.1) is 0 Å². The summed E-state index contributed by atoms with van der Waals surface area (Å²) in [5, 5.41) is 11.8. The molecule has 0 bridgehead atoms. The third-order valence-corrected chi connectivity index (χ3v) is 7.17. The number of amides is 1. The molecule has 0 aliphatic carbocycles. The number of thioether (sulfide) groups is 1. The molecule has 1 atom stereocenters. The molecule has 0 saturated heterocycles. The number of unbranched alkanes of at least 4 members (excludes halogenated alkanes) is 1. The third-order valence-electron chi connectivity index (χ3n) is 6.13. The summed E-state index contributed by atoms with van der Waals surface area (Å²) >= 11 is 1.59. The van der Waals surface area contributed by atoms with E-state index in [1.54, 1.807) is 30.7 Å². The maximum absolute atomic E-state index is 13.8. The van der Waals surface area contributed by atoms with Crippen LogP contribution in [0.25, 0.3) is 0 Å². The van der Waals surface area contributed by atoms with E-state index < -0.39 is 6.04 Å². The number of aromatic nitrogens is 3. The molecule has 4 rings (SSSR count). The molecule has 9 nitrogen and oxygen atoms in total. The Hall–Kier alpha value is -3.66. The van der Waals surface area contributed by atoms with Gasteiger partial charge in [-0.1, -0.05) is 50.2 Å². The molecule has 1 amide bonds. The van der Waals surface area contributed by atoms with Crippen LogP contribution in [0.4, 0.5) is 11.6 Å². The third kappa shape index (κ3) is 5.91. The lowest BCUT2D eigenvalue weighted by Gasteiger charge is -2.29. The van der Waals surface area contributed by atoms with Gasteiger partial charge in [0.15, 0.2) is 11.5 Å². The van der Waals surface area contributed by atoms with Crippen molar-refractivity contribution in [2.45, 2.75) is 51.2 Å². The zero-order valence-electron chi connectivity index (χ0n) is 22.5. The molecule has 202 valence electrons. The van der Waals surface area contributed by atoms with Crippen molar-refractivity contribution in [2.24, 2.45) is 0 Å². The number of carbonyl (C=O) groups excluding carboxylic acids is 1. The number of fused-ring (bicyclic) bond motifs is 1. The Balaban J connectivity index is 1.76. The number of allylic oxidation sites excluding steroid dienone is 1. The lowest BCUT2D eigenvalue weighted by molar-refractivity contribution is -0.113. The Labute approximate surface area is 228 Å². The van der Waals surface area contributed by atoms with Crippen LogP contribution in [0.15, 0.2) is 58.9 Å². The number of anilines is 2. The van der Waals surface area contributed by atoms with Crippen molar-refractivity contribution in [3.63, 3.8) is 0 Å². The van der Waals surface area contributed by atoms with Gasteiger partial charge in [-0.25, -0.2) is 4.68 Å². The highest BCUT2D eigenvalue weighted by Crippen LogP contribution is 2.40. The van der Waals surface area contributed by atoms with Gasteiger partial charge in [-0.2, -0.15) is 4.98 Å². The van der Waals surface area contributed by atoms with Gasteiger partial charge in [0, 0.05) is 11.4 Å². The maximum Gasteiger partial charge on any atom is 0.255 e. The number of carbonyl (C=O) groups is 1. The SMILES string of the molecule is CCCCOc1ccc(C2C(C(=O)Nc3ccccc3OC)=C(C)Nc3nc(SCCC)nn32)cc1OC. The average Bonchev–Trinajstić information content (AvgIpc) is 3.33. The number of hydrogen-bond acceptors (Lipinski definition) is 8. The van der Waals surface area contributed by atoms with Gasteiger partial charge >= 0.3 is 0 Å².